The van der Waals surface area contributed by atoms with E-state index >= 15 is 0 Å². The van der Waals surface area contributed by atoms with Gasteiger partial charge in [-0.2, -0.15) is 0 Å². The molecule has 0 aliphatic carbocycles. The Kier molecular flexibility index (Phi) is 6.30. The molecule has 2 heterocycles. The van der Waals surface area contributed by atoms with Gasteiger partial charge in [-0.1, -0.05) is 35.6 Å². The molecule has 0 aliphatic heterocycles. The monoisotopic (exact) mass is 435 g/mol. The lowest BCUT2D eigenvalue weighted by Gasteiger charge is -2.19. The van der Waals surface area contributed by atoms with Crippen molar-refractivity contribution in [2.75, 3.05) is 18.3 Å². The molecular formula is C23H21N3O2S2. The molecule has 5 nitrogen and oxygen atoms in total. The molecule has 0 unspecified atom stereocenters. The van der Waals surface area contributed by atoms with Crippen molar-refractivity contribution >= 4 is 44.4 Å². The van der Waals surface area contributed by atoms with E-state index in [4.69, 9.17) is 9.72 Å². The van der Waals surface area contributed by atoms with Crippen LogP contribution in [-0.2, 0) is 17.8 Å². The minimum atomic E-state index is -0.0180. The molecule has 0 saturated heterocycles. The van der Waals surface area contributed by atoms with Crippen molar-refractivity contribution < 1.29 is 9.53 Å². The van der Waals surface area contributed by atoms with Gasteiger partial charge < -0.3 is 4.74 Å². The Morgan fingerprint density at radius 3 is 2.63 bits per heavy atom. The summed E-state index contributed by atoms with van der Waals surface area (Å²) in [7, 11) is 1.63. The number of ether oxygens (including phenoxy) is 1. The van der Waals surface area contributed by atoms with Crippen molar-refractivity contribution in [1.29, 1.82) is 0 Å². The minimum Gasteiger partial charge on any atom is -0.494 e. The maximum absolute atomic E-state index is 13.3. The lowest BCUT2D eigenvalue weighted by atomic mass is 10.1. The van der Waals surface area contributed by atoms with Crippen LogP contribution in [0.5, 0.6) is 5.75 Å². The highest BCUT2D eigenvalue weighted by Gasteiger charge is 2.22. The smallest absolute Gasteiger partial charge is 0.233 e. The van der Waals surface area contributed by atoms with Crippen molar-refractivity contribution in [3.05, 3.63) is 78.1 Å². The SMILES string of the molecule is COc1cccc2sc(N(Cc3ccccn3)C(=O)Cc3ccc(SC)cc3)nc12. The van der Waals surface area contributed by atoms with E-state index in [1.165, 1.54) is 16.2 Å². The third-order valence-corrected chi connectivity index (χ3v) is 6.47. The van der Waals surface area contributed by atoms with Gasteiger partial charge in [0.2, 0.25) is 5.91 Å². The number of carbonyl (C=O) groups is 1. The van der Waals surface area contributed by atoms with E-state index in [0.717, 1.165) is 21.5 Å². The van der Waals surface area contributed by atoms with Crippen LogP contribution < -0.4 is 9.64 Å². The van der Waals surface area contributed by atoms with Crippen LogP contribution in [0.25, 0.3) is 10.2 Å². The number of pyridine rings is 1. The third-order valence-electron chi connectivity index (χ3n) is 4.68. The Hall–Kier alpha value is -2.90. The fourth-order valence-corrected chi connectivity index (χ4v) is 4.53. The second-order valence-electron chi connectivity index (χ2n) is 6.63. The zero-order valence-electron chi connectivity index (χ0n) is 16.7. The molecule has 2 aromatic carbocycles. The fraction of sp³-hybridized carbons (Fsp3) is 0.174. The maximum atomic E-state index is 13.3. The number of benzene rings is 2. The Morgan fingerprint density at radius 2 is 1.93 bits per heavy atom. The summed E-state index contributed by atoms with van der Waals surface area (Å²) in [6, 6.07) is 19.6. The number of nitrogens with zero attached hydrogens (tertiary/aromatic N) is 3. The van der Waals surface area contributed by atoms with Crippen molar-refractivity contribution in [2.45, 2.75) is 17.9 Å². The molecule has 0 atom stereocenters. The Morgan fingerprint density at radius 1 is 1.10 bits per heavy atom. The maximum Gasteiger partial charge on any atom is 0.233 e. The van der Waals surface area contributed by atoms with Crippen LogP contribution in [0.1, 0.15) is 11.3 Å². The topological polar surface area (TPSA) is 55.3 Å². The quantitative estimate of drug-likeness (QED) is 0.374. The molecule has 1 amide bonds. The average molecular weight is 436 g/mol. The first-order chi connectivity index (χ1) is 14.7. The number of fused-ring (bicyclic) bond motifs is 1. The van der Waals surface area contributed by atoms with Gasteiger partial charge in [-0.3, -0.25) is 14.7 Å². The standard InChI is InChI=1S/C23H21N3O2S2/c1-28-19-7-5-8-20-22(19)25-23(30-20)26(15-17-6-3-4-13-24-17)21(27)14-16-9-11-18(29-2)12-10-16/h3-13H,14-15H2,1-2H3. The van der Waals surface area contributed by atoms with Crippen LogP contribution in [0.3, 0.4) is 0 Å². The number of amides is 1. The first kappa shape index (κ1) is 20.4. The molecule has 0 radical (unpaired) electrons. The van der Waals surface area contributed by atoms with Crippen molar-refractivity contribution in [3.8, 4) is 5.75 Å². The van der Waals surface area contributed by atoms with Gasteiger partial charge in [0.05, 0.1) is 30.5 Å². The molecule has 0 saturated carbocycles. The highest BCUT2D eigenvalue weighted by Crippen LogP contribution is 2.34. The number of hydrogen-bond acceptors (Lipinski definition) is 6. The third kappa shape index (κ3) is 4.47. The Bertz CT molecular complexity index is 1140. The van der Waals surface area contributed by atoms with Gasteiger partial charge in [0.25, 0.3) is 0 Å². The highest BCUT2D eigenvalue weighted by molar-refractivity contribution is 7.98. The molecule has 0 aliphatic rings. The normalized spacial score (nSPS) is 10.9. The summed E-state index contributed by atoms with van der Waals surface area (Å²) in [5.41, 5.74) is 2.56. The first-order valence-corrected chi connectivity index (χ1v) is 11.5. The summed E-state index contributed by atoms with van der Waals surface area (Å²) in [6.07, 6.45) is 4.07. The molecule has 30 heavy (non-hydrogen) atoms. The summed E-state index contributed by atoms with van der Waals surface area (Å²) < 4.78 is 6.42. The number of rotatable bonds is 7. The van der Waals surface area contributed by atoms with Crippen LogP contribution in [0, 0.1) is 0 Å². The summed E-state index contributed by atoms with van der Waals surface area (Å²) in [5, 5.41) is 0.644. The predicted molar refractivity (Wildman–Crippen MR) is 124 cm³/mol. The highest BCUT2D eigenvalue weighted by atomic mass is 32.2. The van der Waals surface area contributed by atoms with Gasteiger partial charge in [-0.05, 0) is 48.2 Å². The number of para-hydroxylation sites is 1. The van der Waals surface area contributed by atoms with Gasteiger partial charge in [0.1, 0.15) is 11.3 Å². The molecule has 0 bridgehead atoms. The average Bonchev–Trinajstić information content (AvgIpc) is 3.22. The molecule has 2 aromatic heterocycles. The summed E-state index contributed by atoms with van der Waals surface area (Å²) in [5.74, 6) is 0.684. The van der Waals surface area contributed by atoms with Crippen molar-refractivity contribution in [3.63, 3.8) is 0 Å². The number of thiazole rings is 1. The zero-order chi connectivity index (χ0) is 20.9. The van der Waals surface area contributed by atoms with Gasteiger partial charge in [-0.25, -0.2) is 4.98 Å². The number of carbonyl (C=O) groups excluding carboxylic acids is 1. The number of anilines is 1. The Labute approximate surface area is 183 Å². The largest absolute Gasteiger partial charge is 0.494 e. The number of aromatic nitrogens is 2. The lowest BCUT2D eigenvalue weighted by molar-refractivity contribution is -0.118. The van der Waals surface area contributed by atoms with Crippen LogP contribution in [0.2, 0.25) is 0 Å². The number of thioether (sulfide) groups is 1. The van der Waals surface area contributed by atoms with Crippen molar-refractivity contribution in [1.82, 2.24) is 9.97 Å². The van der Waals surface area contributed by atoms with E-state index in [1.807, 2.05) is 66.9 Å². The molecule has 0 N–H and O–H groups in total. The fourth-order valence-electron chi connectivity index (χ4n) is 3.12. The first-order valence-electron chi connectivity index (χ1n) is 9.44. The van der Waals surface area contributed by atoms with E-state index in [1.54, 1.807) is 30.0 Å². The van der Waals surface area contributed by atoms with Gasteiger partial charge in [0, 0.05) is 11.1 Å². The molecule has 4 aromatic rings. The van der Waals surface area contributed by atoms with Crippen LogP contribution in [0.4, 0.5) is 5.13 Å². The van der Waals surface area contributed by atoms with Crippen LogP contribution in [0.15, 0.2) is 71.8 Å². The van der Waals surface area contributed by atoms with E-state index in [0.29, 0.717) is 23.8 Å². The van der Waals surface area contributed by atoms with E-state index in [9.17, 15) is 4.79 Å². The van der Waals surface area contributed by atoms with Crippen LogP contribution >= 0.6 is 23.1 Å². The summed E-state index contributed by atoms with van der Waals surface area (Å²) >= 11 is 3.17. The predicted octanol–water partition coefficient (Wildman–Crippen LogP) is 5.20. The molecule has 4 rings (SSSR count). The second-order valence-corrected chi connectivity index (χ2v) is 8.52. The van der Waals surface area contributed by atoms with Gasteiger partial charge >= 0.3 is 0 Å². The molecule has 7 heteroatoms. The summed E-state index contributed by atoms with van der Waals surface area (Å²) in [6.45, 7) is 0.366. The molecule has 152 valence electrons. The molecular weight excluding hydrogens is 414 g/mol. The van der Waals surface area contributed by atoms with Gasteiger partial charge in [-0.15, -0.1) is 11.8 Å². The van der Waals surface area contributed by atoms with E-state index < -0.39 is 0 Å². The molecule has 0 spiro atoms. The summed E-state index contributed by atoms with van der Waals surface area (Å²) in [4.78, 5) is 25.4. The molecule has 0 fully saturated rings. The van der Waals surface area contributed by atoms with Gasteiger partial charge in [0.15, 0.2) is 5.13 Å². The van der Waals surface area contributed by atoms with E-state index in [-0.39, 0.29) is 5.91 Å². The number of hydrogen-bond donors (Lipinski definition) is 0. The lowest BCUT2D eigenvalue weighted by Crippen LogP contribution is -2.32. The van der Waals surface area contributed by atoms with Crippen LogP contribution in [-0.4, -0.2) is 29.2 Å². The van der Waals surface area contributed by atoms with E-state index in [2.05, 4.69) is 4.98 Å². The van der Waals surface area contributed by atoms with Crippen molar-refractivity contribution in [2.24, 2.45) is 0 Å². The second kappa shape index (κ2) is 9.28. The minimum absolute atomic E-state index is 0.0180. The Balaban J connectivity index is 1.67. The zero-order valence-corrected chi connectivity index (χ0v) is 18.4. The number of methoxy groups -OCH3 is 1.